The van der Waals surface area contributed by atoms with Crippen molar-refractivity contribution in [2.75, 3.05) is 0 Å². The molecule has 0 saturated heterocycles. The highest BCUT2D eigenvalue weighted by atomic mass is 79.9. The zero-order chi connectivity index (χ0) is 13.2. The molecule has 17 heavy (non-hydrogen) atoms. The van der Waals surface area contributed by atoms with Crippen LogP contribution >= 0.6 is 39.1 Å². The summed E-state index contributed by atoms with van der Waals surface area (Å²) in [6, 6.07) is 5.83. The third-order valence-electron chi connectivity index (χ3n) is 3.34. The van der Waals surface area contributed by atoms with Crippen LogP contribution in [0.1, 0.15) is 44.5 Å². The summed E-state index contributed by atoms with van der Waals surface area (Å²) in [5.74, 6) is 0.626. The van der Waals surface area contributed by atoms with Gasteiger partial charge in [0.25, 0.3) is 0 Å². The number of alkyl halides is 1. The van der Waals surface area contributed by atoms with Crippen molar-refractivity contribution in [2.45, 2.75) is 38.9 Å². The maximum absolute atomic E-state index is 6.03. The minimum Gasteiger partial charge on any atom is -0.0839 e. The summed E-state index contributed by atoms with van der Waals surface area (Å²) < 4.78 is 0. The first-order chi connectivity index (χ1) is 7.71. The van der Waals surface area contributed by atoms with Crippen LogP contribution in [-0.4, -0.2) is 0 Å². The molecule has 2 unspecified atom stereocenters. The van der Waals surface area contributed by atoms with Crippen molar-refractivity contribution in [3.63, 3.8) is 0 Å². The lowest BCUT2D eigenvalue weighted by Crippen LogP contribution is -2.18. The van der Waals surface area contributed by atoms with Gasteiger partial charge in [0.05, 0.1) is 10.0 Å². The molecule has 0 heterocycles. The molecule has 0 aliphatic carbocycles. The highest BCUT2D eigenvalue weighted by Crippen LogP contribution is 2.38. The van der Waals surface area contributed by atoms with E-state index in [4.69, 9.17) is 23.2 Å². The smallest absolute Gasteiger partial charge is 0.0595 e. The Bertz CT molecular complexity index is 382. The predicted octanol–water partition coefficient (Wildman–Crippen LogP) is 6.50. The monoisotopic (exact) mass is 336 g/mol. The molecule has 1 rings (SSSR count). The first-order valence-electron chi connectivity index (χ1n) is 5.81. The maximum atomic E-state index is 6.03. The molecule has 3 heteroatoms. The summed E-state index contributed by atoms with van der Waals surface area (Å²) in [6.07, 6.45) is 1.08. The summed E-state index contributed by atoms with van der Waals surface area (Å²) in [6.45, 7) is 9.09. The number of rotatable bonds is 3. The van der Waals surface area contributed by atoms with Crippen molar-refractivity contribution >= 4 is 39.1 Å². The molecular formula is C14H19BrCl2. The van der Waals surface area contributed by atoms with Crippen molar-refractivity contribution in [2.24, 2.45) is 11.3 Å². The Hall–Kier alpha value is 0.280. The minimum absolute atomic E-state index is 0.322. The van der Waals surface area contributed by atoms with Gasteiger partial charge >= 0.3 is 0 Å². The molecule has 0 aromatic heterocycles. The van der Waals surface area contributed by atoms with Gasteiger partial charge in [0.15, 0.2) is 0 Å². The van der Waals surface area contributed by atoms with E-state index in [1.54, 1.807) is 0 Å². The number of benzene rings is 1. The van der Waals surface area contributed by atoms with Crippen LogP contribution in [0, 0.1) is 11.3 Å². The van der Waals surface area contributed by atoms with E-state index in [2.05, 4.69) is 43.6 Å². The highest BCUT2D eigenvalue weighted by molar-refractivity contribution is 9.09. The Morgan fingerprint density at radius 2 is 1.76 bits per heavy atom. The molecule has 1 aromatic carbocycles. The van der Waals surface area contributed by atoms with Crippen molar-refractivity contribution in [3.05, 3.63) is 33.8 Å². The molecule has 0 bridgehead atoms. The Balaban J connectivity index is 2.76. The van der Waals surface area contributed by atoms with Crippen molar-refractivity contribution < 1.29 is 0 Å². The van der Waals surface area contributed by atoms with Gasteiger partial charge in [0.2, 0.25) is 0 Å². The standard InChI is InChI=1S/C14H19BrCl2/c1-9(14(2,3)4)7-11(15)10-5-6-12(16)13(17)8-10/h5-6,8-9,11H,7H2,1-4H3. The fourth-order valence-electron chi connectivity index (χ4n) is 1.51. The van der Waals surface area contributed by atoms with E-state index in [1.807, 2.05) is 18.2 Å². The van der Waals surface area contributed by atoms with E-state index in [0.717, 1.165) is 6.42 Å². The van der Waals surface area contributed by atoms with Crippen LogP contribution in [-0.2, 0) is 0 Å². The van der Waals surface area contributed by atoms with Gasteiger partial charge in [-0.1, -0.05) is 72.9 Å². The van der Waals surface area contributed by atoms with Gasteiger partial charge in [-0.25, -0.2) is 0 Å². The first-order valence-corrected chi connectivity index (χ1v) is 7.48. The molecule has 0 aliphatic rings. The summed E-state index contributed by atoms with van der Waals surface area (Å²) in [4.78, 5) is 0.325. The SMILES string of the molecule is CC(CC(Br)c1ccc(Cl)c(Cl)c1)C(C)(C)C. The van der Waals surface area contributed by atoms with E-state index >= 15 is 0 Å². The Morgan fingerprint density at radius 1 is 1.18 bits per heavy atom. The Morgan fingerprint density at radius 3 is 2.24 bits per heavy atom. The average molecular weight is 338 g/mol. The third-order valence-corrected chi connectivity index (χ3v) is 4.99. The second kappa shape index (κ2) is 5.95. The molecule has 0 fully saturated rings. The predicted molar refractivity (Wildman–Crippen MR) is 81.4 cm³/mol. The summed E-state index contributed by atoms with van der Waals surface area (Å²) in [7, 11) is 0. The third kappa shape index (κ3) is 4.46. The Labute approximate surface area is 123 Å². The fraction of sp³-hybridized carbons (Fsp3) is 0.571. The Kier molecular flexibility index (Phi) is 5.37. The van der Waals surface area contributed by atoms with Crippen LogP contribution in [0.4, 0.5) is 0 Å². The first kappa shape index (κ1) is 15.3. The van der Waals surface area contributed by atoms with E-state index in [1.165, 1.54) is 5.56 Å². The molecule has 96 valence electrons. The number of hydrogen-bond donors (Lipinski definition) is 0. The highest BCUT2D eigenvalue weighted by Gasteiger charge is 2.23. The van der Waals surface area contributed by atoms with Gasteiger partial charge in [-0.15, -0.1) is 0 Å². The number of halogens is 3. The normalized spacial score (nSPS) is 15.7. The lowest BCUT2D eigenvalue weighted by molar-refractivity contribution is 0.246. The van der Waals surface area contributed by atoms with Gasteiger partial charge in [0.1, 0.15) is 0 Å². The second-order valence-corrected chi connectivity index (χ2v) is 7.56. The van der Waals surface area contributed by atoms with Gasteiger partial charge in [0, 0.05) is 4.83 Å². The molecule has 0 radical (unpaired) electrons. The number of hydrogen-bond acceptors (Lipinski definition) is 0. The van der Waals surface area contributed by atoms with E-state index in [-0.39, 0.29) is 0 Å². The lowest BCUT2D eigenvalue weighted by atomic mass is 9.79. The van der Waals surface area contributed by atoms with Crippen molar-refractivity contribution in [1.29, 1.82) is 0 Å². The zero-order valence-corrected chi connectivity index (χ0v) is 13.8. The van der Waals surface area contributed by atoms with Gasteiger partial charge < -0.3 is 0 Å². The molecule has 0 nitrogen and oxygen atoms in total. The van der Waals surface area contributed by atoms with Crippen LogP contribution in [0.3, 0.4) is 0 Å². The molecule has 0 saturated carbocycles. The average Bonchev–Trinajstić information content (AvgIpc) is 2.20. The summed E-state index contributed by atoms with van der Waals surface area (Å²) in [5.41, 5.74) is 1.51. The molecule has 0 spiro atoms. The molecule has 1 aromatic rings. The van der Waals surface area contributed by atoms with Crippen LogP contribution in [0.2, 0.25) is 10.0 Å². The van der Waals surface area contributed by atoms with Gasteiger partial charge in [-0.05, 0) is 35.4 Å². The van der Waals surface area contributed by atoms with Gasteiger partial charge in [-0.2, -0.15) is 0 Å². The van der Waals surface area contributed by atoms with Gasteiger partial charge in [-0.3, -0.25) is 0 Å². The van der Waals surface area contributed by atoms with E-state index < -0.39 is 0 Å². The van der Waals surface area contributed by atoms with E-state index in [0.29, 0.717) is 26.2 Å². The minimum atomic E-state index is 0.322. The molecule has 0 aliphatic heterocycles. The van der Waals surface area contributed by atoms with Crippen molar-refractivity contribution in [3.8, 4) is 0 Å². The molecule has 0 N–H and O–H groups in total. The van der Waals surface area contributed by atoms with Crippen LogP contribution in [0.15, 0.2) is 18.2 Å². The van der Waals surface area contributed by atoms with Crippen LogP contribution in [0.25, 0.3) is 0 Å². The van der Waals surface area contributed by atoms with Crippen LogP contribution in [0.5, 0.6) is 0 Å². The summed E-state index contributed by atoms with van der Waals surface area (Å²) in [5, 5.41) is 1.23. The molecule has 2 atom stereocenters. The maximum Gasteiger partial charge on any atom is 0.0595 e. The fourth-order valence-corrected chi connectivity index (χ4v) is 2.66. The molecule has 0 amide bonds. The topological polar surface area (TPSA) is 0 Å². The quantitative estimate of drug-likeness (QED) is 0.552. The zero-order valence-electron chi connectivity index (χ0n) is 10.7. The summed E-state index contributed by atoms with van der Waals surface area (Å²) >= 11 is 15.7. The largest absolute Gasteiger partial charge is 0.0839 e. The molecular weight excluding hydrogens is 319 g/mol. The second-order valence-electron chi connectivity index (χ2n) is 5.64. The van der Waals surface area contributed by atoms with Crippen molar-refractivity contribution in [1.82, 2.24) is 0 Å². The lowest BCUT2D eigenvalue weighted by Gasteiger charge is -2.29. The van der Waals surface area contributed by atoms with Crippen LogP contribution < -0.4 is 0 Å². The van der Waals surface area contributed by atoms with E-state index in [9.17, 15) is 0 Å².